The number of aliphatic imine (C=N–C) groups is 1. The highest BCUT2D eigenvalue weighted by Crippen LogP contribution is 2.32. The highest BCUT2D eigenvalue weighted by molar-refractivity contribution is 8.13. The Hall–Kier alpha value is -4.17. The zero-order valence-electron chi connectivity index (χ0n) is 20.1. The van der Waals surface area contributed by atoms with Gasteiger partial charge in [0.15, 0.2) is 5.17 Å². The van der Waals surface area contributed by atoms with E-state index in [2.05, 4.69) is 21.0 Å². The fraction of sp³-hybridized carbons (Fsp3) is 0.143. The number of carbonyl (C=O) groups is 1. The van der Waals surface area contributed by atoms with Gasteiger partial charge in [0.1, 0.15) is 17.3 Å². The first-order chi connectivity index (χ1) is 17.4. The smallest absolute Gasteiger partial charge is 0.283 e. The Kier molecular flexibility index (Phi) is 6.43. The lowest BCUT2D eigenvalue weighted by molar-refractivity contribution is -0.113. The summed E-state index contributed by atoms with van der Waals surface area (Å²) in [6.07, 6.45) is 1.77. The zero-order chi connectivity index (χ0) is 25.2. The van der Waals surface area contributed by atoms with E-state index in [1.165, 1.54) is 11.8 Å². The van der Waals surface area contributed by atoms with Crippen molar-refractivity contribution < 1.29 is 9.53 Å². The molecule has 0 unspecified atom stereocenters. The van der Waals surface area contributed by atoms with Crippen LogP contribution >= 0.6 is 11.8 Å². The normalized spacial score (nSPS) is 14.5. The van der Waals surface area contributed by atoms with E-state index >= 15 is 0 Å². The number of nitrogens with one attached hydrogen (secondary N) is 1. The van der Waals surface area contributed by atoms with Gasteiger partial charge >= 0.3 is 0 Å². The lowest BCUT2D eigenvalue weighted by Crippen LogP contribution is -2.30. The van der Waals surface area contributed by atoms with E-state index in [1.54, 1.807) is 24.2 Å². The first-order valence-electron chi connectivity index (χ1n) is 11.4. The molecule has 0 atom stereocenters. The summed E-state index contributed by atoms with van der Waals surface area (Å²) in [5, 5.41) is 1.07. The summed E-state index contributed by atoms with van der Waals surface area (Å²) in [5.74, 6) is 1.40. The number of amidine groups is 1. The molecule has 3 aromatic carbocycles. The van der Waals surface area contributed by atoms with Gasteiger partial charge in [0.05, 0.1) is 29.5 Å². The monoisotopic (exact) mass is 496 g/mol. The van der Waals surface area contributed by atoms with Gasteiger partial charge in [-0.1, -0.05) is 42.1 Å². The molecule has 1 aliphatic rings. The molecule has 2 heterocycles. The Labute approximate surface area is 212 Å². The number of benzene rings is 3. The second-order valence-electron chi connectivity index (χ2n) is 8.50. The van der Waals surface area contributed by atoms with Gasteiger partial charge in [-0.3, -0.25) is 14.5 Å². The highest BCUT2D eigenvalue weighted by Gasteiger charge is 2.32. The van der Waals surface area contributed by atoms with Crippen molar-refractivity contribution >= 4 is 45.5 Å². The van der Waals surface area contributed by atoms with Crippen molar-refractivity contribution in [2.24, 2.45) is 4.99 Å². The molecular weight excluding hydrogens is 472 g/mol. The number of anilines is 1. The van der Waals surface area contributed by atoms with E-state index in [9.17, 15) is 9.59 Å². The number of para-hydroxylation sites is 1. The summed E-state index contributed by atoms with van der Waals surface area (Å²) in [5.41, 5.74) is 4.48. The minimum atomic E-state index is -0.210. The van der Waals surface area contributed by atoms with Gasteiger partial charge in [-0.25, -0.2) is 9.98 Å². The second kappa shape index (κ2) is 9.83. The number of nitrogens with zero attached hydrogens (tertiary/aromatic N) is 3. The number of amides is 1. The van der Waals surface area contributed by atoms with Crippen LogP contribution in [0.1, 0.15) is 22.5 Å². The van der Waals surface area contributed by atoms with Crippen molar-refractivity contribution in [3.8, 4) is 5.75 Å². The summed E-state index contributed by atoms with van der Waals surface area (Å²) in [4.78, 5) is 39.8. The second-order valence-corrected chi connectivity index (χ2v) is 9.44. The summed E-state index contributed by atoms with van der Waals surface area (Å²) in [6, 6.07) is 20.7. The predicted octanol–water partition coefficient (Wildman–Crippen LogP) is 5.23. The molecule has 36 heavy (non-hydrogen) atoms. The van der Waals surface area contributed by atoms with Crippen molar-refractivity contribution in [1.82, 2.24) is 9.97 Å². The fourth-order valence-electron chi connectivity index (χ4n) is 4.09. The number of methoxy groups -OCH3 is 1. The van der Waals surface area contributed by atoms with Gasteiger partial charge in [-0.05, 0) is 73.0 Å². The third-order valence-corrected chi connectivity index (χ3v) is 6.66. The number of fused-ring (bicyclic) bond motifs is 1. The number of rotatable bonds is 5. The van der Waals surface area contributed by atoms with Gasteiger partial charge in [-0.15, -0.1) is 0 Å². The Bertz CT molecular complexity index is 1570. The van der Waals surface area contributed by atoms with Crippen LogP contribution in [0.5, 0.6) is 5.75 Å². The Morgan fingerprint density at radius 1 is 1.00 bits per heavy atom. The van der Waals surface area contributed by atoms with Gasteiger partial charge in [-0.2, -0.15) is 0 Å². The van der Waals surface area contributed by atoms with E-state index in [4.69, 9.17) is 4.74 Å². The van der Waals surface area contributed by atoms with Crippen molar-refractivity contribution in [3.63, 3.8) is 0 Å². The molecule has 0 aliphatic carbocycles. The largest absolute Gasteiger partial charge is 0.497 e. The van der Waals surface area contributed by atoms with Crippen LogP contribution in [0.15, 0.2) is 82.2 Å². The van der Waals surface area contributed by atoms with Crippen LogP contribution in [-0.4, -0.2) is 28.2 Å². The van der Waals surface area contributed by atoms with E-state index in [0.29, 0.717) is 33.3 Å². The predicted molar refractivity (Wildman–Crippen MR) is 145 cm³/mol. The number of hydrogen-bond donors (Lipinski definition) is 1. The summed E-state index contributed by atoms with van der Waals surface area (Å²) < 4.78 is 5.23. The number of aryl methyl sites for hydroxylation is 2. The average Bonchev–Trinajstić information content (AvgIpc) is 3.17. The standard InChI is InChI=1S/C28H24N4O3S/c1-17-12-18(2)14-20(13-17)32-27(34)24(15-19-8-10-21(35-3)11-9-19)30-28(32)36-16-25-29-23-7-5-4-6-22(23)26(33)31-25/h4-15H,16H2,1-3H3,(H,29,31,33)/b24-15-. The molecule has 0 fully saturated rings. The molecule has 1 amide bonds. The lowest BCUT2D eigenvalue weighted by Gasteiger charge is -2.19. The third kappa shape index (κ3) is 4.81. The molecule has 5 rings (SSSR count). The first kappa shape index (κ1) is 23.6. The number of ether oxygens (including phenoxy) is 1. The van der Waals surface area contributed by atoms with Gasteiger partial charge in [0.25, 0.3) is 11.5 Å². The summed E-state index contributed by atoms with van der Waals surface area (Å²) >= 11 is 1.35. The number of carbonyl (C=O) groups excluding carboxylic acids is 1. The van der Waals surface area contributed by atoms with Gasteiger partial charge in [0, 0.05) is 0 Å². The van der Waals surface area contributed by atoms with E-state index < -0.39 is 0 Å². The van der Waals surface area contributed by atoms with Crippen LogP contribution in [0.4, 0.5) is 5.69 Å². The molecule has 0 radical (unpaired) electrons. The maximum absolute atomic E-state index is 13.5. The molecule has 1 N–H and O–H groups in total. The molecule has 1 aromatic heterocycles. The average molecular weight is 497 g/mol. The SMILES string of the molecule is COc1ccc(/C=C2\N=C(SCc3nc4ccccc4c(=O)[nH]3)N(c3cc(C)cc(C)c3)C2=O)cc1. The molecule has 0 spiro atoms. The summed E-state index contributed by atoms with van der Waals surface area (Å²) in [7, 11) is 1.61. The van der Waals surface area contributed by atoms with Crippen LogP contribution in [0, 0.1) is 13.8 Å². The Morgan fingerprint density at radius 2 is 1.72 bits per heavy atom. The van der Waals surface area contributed by atoms with Crippen LogP contribution in [0.3, 0.4) is 0 Å². The number of H-pyrrole nitrogens is 1. The number of aromatic amines is 1. The quantitative estimate of drug-likeness (QED) is 0.383. The van der Waals surface area contributed by atoms with E-state index in [0.717, 1.165) is 28.1 Å². The highest BCUT2D eigenvalue weighted by atomic mass is 32.2. The molecule has 4 aromatic rings. The molecule has 0 bridgehead atoms. The van der Waals surface area contributed by atoms with Crippen molar-refractivity contribution in [3.05, 3.63) is 105 Å². The number of aromatic nitrogens is 2. The Morgan fingerprint density at radius 3 is 2.44 bits per heavy atom. The molecule has 8 heteroatoms. The maximum atomic E-state index is 13.5. The Balaban J connectivity index is 1.50. The minimum Gasteiger partial charge on any atom is -0.497 e. The first-order valence-corrected chi connectivity index (χ1v) is 12.4. The van der Waals surface area contributed by atoms with Crippen LogP contribution in [0.25, 0.3) is 17.0 Å². The molecular formula is C28H24N4O3S. The number of thioether (sulfide) groups is 1. The van der Waals surface area contributed by atoms with Crippen molar-refractivity contribution in [2.75, 3.05) is 12.0 Å². The lowest BCUT2D eigenvalue weighted by atomic mass is 10.1. The molecule has 1 aliphatic heterocycles. The van der Waals surface area contributed by atoms with Gasteiger partial charge < -0.3 is 9.72 Å². The zero-order valence-corrected chi connectivity index (χ0v) is 20.9. The minimum absolute atomic E-state index is 0.188. The van der Waals surface area contributed by atoms with E-state index in [-0.39, 0.29) is 11.5 Å². The van der Waals surface area contributed by atoms with Gasteiger partial charge in [0.2, 0.25) is 0 Å². The topological polar surface area (TPSA) is 87.7 Å². The summed E-state index contributed by atoms with van der Waals surface area (Å²) in [6.45, 7) is 4.00. The van der Waals surface area contributed by atoms with E-state index in [1.807, 2.05) is 68.4 Å². The third-order valence-electron chi connectivity index (χ3n) is 5.71. The van der Waals surface area contributed by atoms with Crippen molar-refractivity contribution in [2.45, 2.75) is 19.6 Å². The molecule has 0 saturated heterocycles. The van der Waals surface area contributed by atoms with Crippen molar-refractivity contribution in [1.29, 1.82) is 0 Å². The maximum Gasteiger partial charge on any atom is 0.283 e. The van der Waals surface area contributed by atoms with Crippen LogP contribution in [-0.2, 0) is 10.5 Å². The molecule has 7 nitrogen and oxygen atoms in total. The molecule has 0 saturated carbocycles. The number of hydrogen-bond acceptors (Lipinski definition) is 6. The van der Waals surface area contributed by atoms with Crippen LogP contribution < -0.4 is 15.2 Å². The van der Waals surface area contributed by atoms with Crippen LogP contribution in [0.2, 0.25) is 0 Å². The fourth-order valence-corrected chi connectivity index (χ4v) is 4.98. The molecule has 180 valence electrons.